The number of esters is 1. The highest BCUT2D eigenvalue weighted by Gasteiger charge is 1.82. The lowest BCUT2D eigenvalue weighted by Crippen LogP contribution is -1.98. The van der Waals surface area contributed by atoms with Crippen LogP contribution >= 0.6 is 0 Å². The van der Waals surface area contributed by atoms with Crippen LogP contribution in [0.5, 0.6) is 0 Å². The summed E-state index contributed by atoms with van der Waals surface area (Å²) in [6.07, 6.45) is 0. The summed E-state index contributed by atoms with van der Waals surface area (Å²) in [4.78, 5) is 27.9. The first-order valence-corrected chi connectivity index (χ1v) is 2.48. The number of aliphatic carboxylic acids is 1. The van der Waals surface area contributed by atoms with E-state index in [9.17, 15) is 9.59 Å². The molecular formula is C5H8O6. The molecule has 0 aromatic carbocycles. The lowest BCUT2D eigenvalue weighted by molar-refractivity contribution is -0.149. The third-order valence-corrected chi connectivity index (χ3v) is 0.349. The fourth-order valence-electron chi connectivity index (χ4n) is 0.0678. The molecule has 0 radical (unpaired) electrons. The van der Waals surface area contributed by atoms with E-state index in [1.807, 2.05) is 0 Å². The van der Waals surface area contributed by atoms with Gasteiger partial charge in [-0.05, 0) is 0 Å². The van der Waals surface area contributed by atoms with Crippen molar-refractivity contribution in [2.24, 2.45) is 0 Å². The topological polar surface area (TPSA) is 101 Å². The second-order valence-electron chi connectivity index (χ2n) is 1.26. The van der Waals surface area contributed by atoms with Crippen molar-refractivity contribution >= 4 is 18.4 Å². The number of carboxylic acids is 1. The maximum absolute atomic E-state index is 9.59. The van der Waals surface area contributed by atoms with Gasteiger partial charge in [-0.2, -0.15) is 0 Å². The SMILES string of the molecule is CC(=O)OC=O.O=C(O)CO. The van der Waals surface area contributed by atoms with Crippen LogP contribution in [0.25, 0.3) is 0 Å². The molecule has 0 aliphatic heterocycles. The number of hydrogen-bond donors (Lipinski definition) is 2. The number of rotatable bonds is 2. The number of carbonyl (C=O) groups excluding carboxylic acids is 2. The number of carboxylic acid groups (broad SMARTS) is 1. The van der Waals surface area contributed by atoms with Crippen molar-refractivity contribution in [2.75, 3.05) is 6.61 Å². The maximum atomic E-state index is 9.59. The molecule has 0 aliphatic carbocycles. The second kappa shape index (κ2) is 8.57. The van der Waals surface area contributed by atoms with Crippen molar-refractivity contribution in [3.8, 4) is 0 Å². The summed E-state index contributed by atoms with van der Waals surface area (Å²) in [5, 5.41) is 15.0. The van der Waals surface area contributed by atoms with Crippen molar-refractivity contribution in [2.45, 2.75) is 6.92 Å². The van der Waals surface area contributed by atoms with E-state index in [4.69, 9.17) is 15.0 Å². The summed E-state index contributed by atoms with van der Waals surface area (Å²) < 4.78 is 3.72. The van der Waals surface area contributed by atoms with Crippen LogP contribution < -0.4 is 0 Å². The summed E-state index contributed by atoms with van der Waals surface area (Å²) in [5.74, 6) is -1.77. The lowest BCUT2D eigenvalue weighted by atomic mass is 10.8. The van der Waals surface area contributed by atoms with Gasteiger partial charge < -0.3 is 14.9 Å². The molecule has 11 heavy (non-hydrogen) atoms. The van der Waals surface area contributed by atoms with E-state index >= 15 is 0 Å². The predicted molar refractivity (Wildman–Crippen MR) is 32.6 cm³/mol. The minimum Gasteiger partial charge on any atom is -0.480 e. The molecule has 0 spiro atoms. The Labute approximate surface area is 62.4 Å². The summed E-state index contributed by atoms with van der Waals surface area (Å²) in [5.41, 5.74) is 0. The minimum absolute atomic E-state index is 0.0995. The highest BCUT2D eigenvalue weighted by Crippen LogP contribution is 1.62. The molecule has 0 rings (SSSR count). The van der Waals surface area contributed by atoms with Crippen molar-refractivity contribution in [1.29, 1.82) is 0 Å². The molecule has 0 saturated carbocycles. The fourth-order valence-corrected chi connectivity index (χ4v) is 0.0678. The van der Waals surface area contributed by atoms with Crippen LogP contribution in [0.2, 0.25) is 0 Å². The molecule has 0 heterocycles. The molecule has 0 unspecified atom stereocenters. The van der Waals surface area contributed by atoms with Crippen molar-refractivity contribution in [1.82, 2.24) is 0 Å². The molecule has 0 aliphatic rings. The van der Waals surface area contributed by atoms with Crippen LogP contribution in [0.15, 0.2) is 0 Å². The number of aliphatic hydroxyl groups is 1. The molecule has 64 valence electrons. The zero-order valence-electron chi connectivity index (χ0n) is 5.81. The van der Waals surface area contributed by atoms with Gasteiger partial charge in [-0.25, -0.2) is 4.79 Å². The number of hydrogen-bond acceptors (Lipinski definition) is 5. The first-order chi connectivity index (χ1) is 5.04. The Morgan fingerprint density at radius 1 is 1.55 bits per heavy atom. The van der Waals surface area contributed by atoms with Crippen molar-refractivity contribution in [3.05, 3.63) is 0 Å². The molecule has 6 heteroatoms. The average Bonchev–Trinajstić information content (AvgIpc) is 1.89. The van der Waals surface area contributed by atoms with Gasteiger partial charge in [-0.1, -0.05) is 0 Å². The Morgan fingerprint density at radius 3 is 1.91 bits per heavy atom. The molecule has 0 atom stereocenters. The third kappa shape index (κ3) is 29.0. The molecule has 0 amide bonds. The molecule has 2 N–H and O–H groups in total. The van der Waals surface area contributed by atoms with E-state index in [0.717, 1.165) is 6.92 Å². The van der Waals surface area contributed by atoms with Crippen LogP contribution in [-0.4, -0.2) is 35.2 Å². The normalized spacial score (nSPS) is 7.09. The van der Waals surface area contributed by atoms with Gasteiger partial charge in [0.15, 0.2) is 0 Å². The van der Waals surface area contributed by atoms with Crippen molar-refractivity contribution < 1.29 is 29.3 Å². The van der Waals surface area contributed by atoms with Crippen LogP contribution in [0.4, 0.5) is 0 Å². The van der Waals surface area contributed by atoms with E-state index in [1.54, 1.807) is 0 Å². The van der Waals surface area contributed by atoms with E-state index < -0.39 is 18.5 Å². The number of ether oxygens (including phenoxy) is 1. The lowest BCUT2D eigenvalue weighted by Gasteiger charge is -1.78. The highest BCUT2D eigenvalue weighted by atomic mass is 16.6. The van der Waals surface area contributed by atoms with Gasteiger partial charge in [0.25, 0.3) is 0 Å². The summed E-state index contributed by atoms with van der Waals surface area (Å²) in [7, 11) is 0. The van der Waals surface area contributed by atoms with Gasteiger partial charge in [-0.3, -0.25) is 9.59 Å². The van der Waals surface area contributed by atoms with Crippen molar-refractivity contribution in [3.63, 3.8) is 0 Å². The molecule has 0 fully saturated rings. The molecule has 0 aromatic heterocycles. The van der Waals surface area contributed by atoms with Gasteiger partial charge in [0, 0.05) is 6.92 Å². The predicted octanol–water partition coefficient (Wildman–Crippen LogP) is -1.23. The molecule has 0 saturated heterocycles. The van der Waals surface area contributed by atoms with E-state index in [0.29, 0.717) is 0 Å². The largest absolute Gasteiger partial charge is 0.480 e. The van der Waals surface area contributed by atoms with Gasteiger partial charge >= 0.3 is 18.4 Å². The van der Waals surface area contributed by atoms with E-state index in [-0.39, 0.29) is 6.47 Å². The molecule has 0 bridgehead atoms. The zero-order valence-corrected chi connectivity index (χ0v) is 5.81. The van der Waals surface area contributed by atoms with Crippen LogP contribution in [0, 0.1) is 0 Å². The van der Waals surface area contributed by atoms with Gasteiger partial charge in [-0.15, -0.1) is 0 Å². The Morgan fingerprint density at radius 2 is 1.91 bits per heavy atom. The Hall–Kier alpha value is -1.43. The zero-order chi connectivity index (χ0) is 9.28. The molecular weight excluding hydrogens is 156 g/mol. The Kier molecular flexibility index (Phi) is 9.56. The van der Waals surface area contributed by atoms with Crippen LogP contribution in [0.3, 0.4) is 0 Å². The Balaban J connectivity index is 0. The quantitative estimate of drug-likeness (QED) is 0.301. The van der Waals surface area contributed by atoms with Gasteiger partial charge in [0.2, 0.25) is 0 Å². The maximum Gasteiger partial charge on any atom is 0.329 e. The molecule has 0 aromatic rings. The second-order valence-corrected chi connectivity index (χ2v) is 1.26. The van der Waals surface area contributed by atoms with E-state index in [2.05, 4.69) is 4.74 Å². The smallest absolute Gasteiger partial charge is 0.329 e. The van der Waals surface area contributed by atoms with E-state index in [1.165, 1.54) is 0 Å². The third-order valence-electron chi connectivity index (χ3n) is 0.349. The van der Waals surface area contributed by atoms with Crippen LogP contribution in [-0.2, 0) is 19.1 Å². The van der Waals surface area contributed by atoms with Gasteiger partial charge in [0.1, 0.15) is 6.61 Å². The van der Waals surface area contributed by atoms with Gasteiger partial charge in [0.05, 0.1) is 0 Å². The van der Waals surface area contributed by atoms with Crippen LogP contribution in [0.1, 0.15) is 6.92 Å². The summed E-state index contributed by atoms with van der Waals surface area (Å²) in [6.45, 7) is 0.483. The number of aliphatic hydroxyl groups excluding tert-OH is 1. The highest BCUT2D eigenvalue weighted by molar-refractivity contribution is 5.73. The number of carbonyl (C=O) groups is 3. The first-order valence-electron chi connectivity index (χ1n) is 2.48. The first kappa shape index (κ1) is 12.3. The molecule has 6 nitrogen and oxygen atoms in total. The average molecular weight is 164 g/mol. The Bertz CT molecular complexity index is 140. The standard InChI is InChI=1S/C3H4O3.C2H4O3/c1-3(5)6-2-4;3-1-2(4)5/h2H,1H3;3H,1H2,(H,4,5). The monoisotopic (exact) mass is 164 g/mol. The fraction of sp³-hybridized carbons (Fsp3) is 0.400. The minimum atomic E-state index is -1.19. The summed E-state index contributed by atoms with van der Waals surface area (Å²) >= 11 is 0. The summed E-state index contributed by atoms with van der Waals surface area (Å²) in [6, 6.07) is 0.